The van der Waals surface area contributed by atoms with Gasteiger partial charge >= 0.3 is 0 Å². The fraction of sp³-hybridized carbons (Fsp3) is 0.571. The third kappa shape index (κ3) is 2.38. The van der Waals surface area contributed by atoms with Gasteiger partial charge in [-0.2, -0.15) is 12.6 Å². The monoisotopic (exact) mass is 188 g/mol. The second kappa shape index (κ2) is 3.97. The summed E-state index contributed by atoms with van der Waals surface area (Å²) in [6.45, 7) is 0. The van der Waals surface area contributed by atoms with Crippen LogP contribution in [0.1, 0.15) is 4.88 Å². The normalized spacial score (nSPS) is 10.1. The van der Waals surface area contributed by atoms with Gasteiger partial charge in [0.25, 0.3) is 0 Å². The lowest BCUT2D eigenvalue weighted by molar-refractivity contribution is 1.10. The van der Waals surface area contributed by atoms with E-state index >= 15 is 0 Å². The zero-order valence-corrected chi connectivity index (χ0v) is 8.45. The van der Waals surface area contributed by atoms with Crippen molar-refractivity contribution in [2.75, 3.05) is 24.7 Å². The highest BCUT2D eigenvalue weighted by molar-refractivity contribution is 7.80. The molecule has 1 heterocycles. The average molecular weight is 188 g/mol. The molecule has 11 heavy (non-hydrogen) atoms. The number of thiazole rings is 1. The predicted octanol–water partition coefficient (Wildman–Crippen LogP) is 1.68. The molecule has 4 heteroatoms. The van der Waals surface area contributed by atoms with Gasteiger partial charge < -0.3 is 4.90 Å². The molecule has 0 aliphatic heterocycles. The molecule has 0 saturated heterocycles. The van der Waals surface area contributed by atoms with E-state index in [-0.39, 0.29) is 0 Å². The van der Waals surface area contributed by atoms with E-state index in [1.54, 1.807) is 11.3 Å². The molecule has 0 spiro atoms. The zero-order valence-electron chi connectivity index (χ0n) is 6.74. The van der Waals surface area contributed by atoms with Crippen LogP contribution in [-0.2, 0) is 6.42 Å². The van der Waals surface area contributed by atoms with Crippen molar-refractivity contribution in [3.05, 3.63) is 11.1 Å². The Labute approximate surface area is 76.7 Å². The fourth-order valence-corrected chi connectivity index (χ4v) is 1.95. The van der Waals surface area contributed by atoms with Crippen molar-refractivity contribution in [2.45, 2.75) is 6.42 Å². The first-order chi connectivity index (χ1) is 5.24. The van der Waals surface area contributed by atoms with E-state index in [0.29, 0.717) is 0 Å². The van der Waals surface area contributed by atoms with Crippen molar-refractivity contribution < 1.29 is 0 Å². The summed E-state index contributed by atoms with van der Waals surface area (Å²) in [6, 6.07) is 0. The fourth-order valence-electron chi connectivity index (χ4n) is 0.730. The van der Waals surface area contributed by atoms with E-state index in [2.05, 4.69) is 17.6 Å². The first-order valence-corrected chi connectivity index (χ1v) is 4.92. The average Bonchev–Trinajstić information content (AvgIpc) is 2.37. The van der Waals surface area contributed by atoms with E-state index in [4.69, 9.17) is 0 Å². The minimum Gasteiger partial charge on any atom is -0.354 e. The van der Waals surface area contributed by atoms with E-state index in [9.17, 15) is 0 Å². The van der Waals surface area contributed by atoms with Crippen LogP contribution in [-0.4, -0.2) is 24.8 Å². The van der Waals surface area contributed by atoms with Gasteiger partial charge in [0.1, 0.15) is 0 Å². The standard InChI is InChI=1S/C7H12N2S2/c1-9(2)7-8-5-6(11-7)3-4-10/h5,10H,3-4H2,1-2H3. The van der Waals surface area contributed by atoms with E-state index in [0.717, 1.165) is 17.3 Å². The molecular weight excluding hydrogens is 176 g/mol. The van der Waals surface area contributed by atoms with Gasteiger partial charge in [-0.3, -0.25) is 0 Å². The first-order valence-electron chi connectivity index (χ1n) is 3.47. The minimum absolute atomic E-state index is 0.898. The number of thiol groups is 1. The second-order valence-corrected chi connectivity index (χ2v) is 4.02. The molecule has 0 aromatic carbocycles. The number of hydrogen-bond donors (Lipinski definition) is 1. The third-order valence-corrected chi connectivity index (χ3v) is 2.73. The highest BCUT2D eigenvalue weighted by Crippen LogP contribution is 2.20. The molecule has 0 bridgehead atoms. The van der Waals surface area contributed by atoms with Gasteiger partial charge in [-0.1, -0.05) is 0 Å². The molecule has 62 valence electrons. The van der Waals surface area contributed by atoms with Gasteiger partial charge in [-0.05, 0) is 12.2 Å². The Morgan fingerprint density at radius 2 is 2.36 bits per heavy atom. The Bertz CT molecular complexity index is 220. The summed E-state index contributed by atoms with van der Waals surface area (Å²) in [4.78, 5) is 7.57. The second-order valence-electron chi connectivity index (χ2n) is 2.48. The Morgan fingerprint density at radius 1 is 1.64 bits per heavy atom. The van der Waals surface area contributed by atoms with Crippen molar-refractivity contribution in [3.8, 4) is 0 Å². The molecule has 0 fully saturated rings. The Morgan fingerprint density at radius 3 is 2.82 bits per heavy atom. The number of rotatable bonds is 3. The number of hydrogen-bond acceptors (Lipinski definition) is 4. The summed E-state index contributed by atoms with van der Waals surface area (Å²) in [7, 11) is 4.01. The quantitative estimate of drug-likeness (QED) is 0.727. The van der Waals surface area contributed by atoms with Gasteiger partial charge in [0.2, 0.25) is 0 Å². The van der Waals surface area contributed by atoms with Crippen LogP contribution >= 0.6 is 24.0 Å². The summed E-state index contributed by atoms with van der Waals surface area (Å²) in [5.41, 5.74) is 0. The molecule has 0 aliphatic rings. The van der Waals surface area contributed by atoms with E-state index in [1.807, 2.05) is 25.2 Å². The molecule has 0 N–H and O–H groups in total. The number of aryl methyl sites for hydroxylation is 1. The molecule has 0 atom stereocenters. The molecule has 0 aliphatic carbocycles. The summed E-state index contributed by atoms with van der Waals surface area (Å²) in [5, 5.41) is 1.07. The Kier molecular flexibility index (Phi) is 3.20. The molecule has 0 unspecified atom stereocenters. The van der Waals surface area contributed by atoms with Crippen LogP contribution in [0, 0.1) is 0 Å². The Balaban J connectivity index is 2.66. The van der Waals surface area contributed by atoms with Gasteiger partial charge in [0.15, 0.2) is 5.13 Å². The maximum Gasteiger partial charge on any atom is 0.184 e. The summed E-state index contributed by atoms with van der Waals surface area (Å²) >= 11 is 5.89. The zero-order chi connectivity index (χ0) is 8.27. The SMILES string of the molecule is CN(C)c1ncc(CCS)s1. The van der Waals surface area contributed by atoms with Crippen LogP contribution in [0.5, 0.6) is 0 Å². The first kappa shape index (κ1) is 8.87. The number of aromatic nitrogens is 1. The smallest absolute Gasteiger partial charge is 0.184 e. The van der Waals surface area contributed by atoms with Crippen LogP contribution in [0.4, 0.5) is 5.13 Å². The van der Waals surface area contributed by atoms with Crippen molar-refractivity contribution in [3.63, 3.8) is 0 Å². The molecule has 0 amide bonds. The van der Waals surface area contributed by atoms with Crippen LogP contribution < -0.4 is 4.90 Å². The minimum atomic E-state index is 0.898. The predicted molar refractivity (Wildman–Crippen MR) is 54.0 cm³/mol. The third-order valence-electron chi connectivity index (χ3n) is 1.28. The van der Waals surface area contributed by atoms with Crippen molar-refractivity contribution >= 4 is 29.1 Å². The van der Waals surface area contributed by atoms with Gasteiger partial charge in [-0.25, -0.2) is 4.98 Å². The highest BCUT2D eigenvalue weighted by atomic mass is 32.1. The molecule has 0 radical (unpaired) electrons. The van der Waals surface area contributed by atoms with Crippen molar-refractivity contribution in [1.29, 1.82) is 0 Å². The molecule has 0 saturated carbocycles. The van der Waals surface area contributed by atoms with Crippen LogP contribution in [0.15, 0.2) is 6.20 Å². The molecule has 1 aromatic rings. The van der Waals surface area contributed by atoms with Crippen molar-refractivity contribution in [2.24, 2.45) is 0 Å². The van der Waals surface area contributed by atoms with Gasteiger partial charge in [0, 0.05) is 25.2 Å². The molecule has 2 nitrogen and oxygen atoms in total. The number of nitrogens with zero attached hydrogens (tertiary/aromatic N) is 2. The summed E-state index contributed by atoms with van der Waals surface area (Å²) < 4.78 is 0. The summed E-state index contributed by atoms with van der Waals surface area (Å²) in [6.07, 6.45) is 2.95. The molecule has 1 rings (SSSR count). The lowest BCUT2D eigenvalue weighted by Gasteiger charge is -2.04. The molecular formula is C7H12N2S2. The maximum absolute atomic E-state index is 4.24. The van der Waals surface area contributed by atoms with Crippen LogP contribution in [0.3, 0.4) is 0 Å². The van der Waals surface area contributed by atoms with Crippen LogP contribution in [0.25, 0.3) is 0 Å². The maximum atomic E-state index is 4.24. The lowest BCUT2D eigenvalue weighted by Crippen LogP contribution is -2.07. The van der Waals surface area contributed by atoms with E-state index in [1.165, 1.54) is 4.88 Å². The van der Waals surface area contributed by atoms with Crippen LogP contribution in [0.2, 0.25) is 0 Å². The summed E-state index contributed by atoms with van der Waals surface area (Å²) in [5.74, 6) is 0.898. The lowest BCUT2D eigenvalue weighted by atomic mass is 10.4. The Hall–Kier alpha value is -0.220. The highest BCUT2D eigenvalue weighted by Gasteiger charge is 2.01. The van der Waals surface area contributed by atoms with Gasteiger partial charge in [-0.15, -0.1) is 11.3 Å². The number of anilines is 1. The van der Waals surface area contributed by atoms with Gasteiger partial charge in [0.05, 0.1) is 0 Å². The largest absolute Gasteiger partial charge is 0.354 e. The topological polar surface area (TPSA) is 16.1 Å². The van der Waals surface area contributed by atoms with Crippen molar-refractivity contribution in [1.82, 2.24) is 4.98 Å². The molecule has 1 aromatic heterocycles. The van der Waals surface area contributed by atoms with E-state index < -0.39 is 0 Å².